The van der Waals surface area contributed by atoms with Gasteiger partial charge in [-0.15, -0.1) is 0 Å². The third-order valence-electron chi connectivity index (χ3n) is 3.73. The zero-order valence-electron chi connectivity index (χ0n) is 14.0. The fourth-order valence-corrected chi connectivity index (χ4v) is 2.38. The van der Waals surface area contributed by atoms with E-state index in [1.54, 1.807) is 36.7 Å². The van der Waals surface area contributed by atoms with E-state index >= 15 is 0 Å². The Bertz CT molecular complexity index is 873. The van der Waals surface area contributed by atoms with Crippen LogP contribution in [0.3, 0.4) is 0 Å². The highest BCUT2D eigenvalue weighted by Gasteiger charge is 2.09. The largest absolute Gasteiger partial charge is 0.366 e. The Balaban J connectivity index is 1.53. The predicted molar refractivity (Wildman–Crippen MR) is 96.0 cm³/mol. The first-order chi connectivity index (χ1) is 12.7. The van der Waals surface area contributed by atoms with Crippen molar-refractivity contribution in [2.45, 2.75) is 13.0 Å². The third-order valence-corrected chi connectivity index (χ3v) is 3.73. The first-order valence-corrected chi connectivity index (χ1v) is 8.19. The molecule has 1 amide bonds. The van der Waals surface area contributed by atoms with E-state index in [9.17, 15) is 9.18 Å². The molecular formula is C19H18FN5O. The number of pyridine rings is 1. The van der Waals surface area contributed by atoms with Crippen LogP contribution in [0.25, 0.3) is 0 Å². The molecule has 0 fully saturated rings. The van der Waals surface area contributed by atoms with E-state index in [-0.39, 0.29) is 17.4 Å². The van der Waals surface area contributed by atoms with Crippen LogP contribution < -0.4 is 10.6 Å². The highest BCUT2D eigenvalue weighted by molar-refractivity contribution is 5.92. The van der Waals surface area contributed by atoms with Gasteiger partial charge in [0.05, 0.1) is 0 Å². The smallest absolute Gasteiger partial charge is 0.270 e. The van der Waals surface area contributed by atoms with Crippen molar-refractivity contribution in [3.05, 3.63) is 83.8 Å². The maximum atomic E-state index is 13.6. The lowest BCUT2D eigenvalue weighted by molar-refractivity contribution is 0.0949. The summed E-state index contributed by atoms with van der Waals surface area (Å²) < 4.78 is 13.6. The number of rotatable bonds is 7. The van der Waals surface area contributed by atoms with Crippen LogP contribution in [0.4, 0.5) is 10.2 Å². The Kier molecular flexibility index (Phi) is 5.82. The Morgan fingerprint density at radius 1 is 1.12 bits per heavy atom. The fraction of sp³-hybridized carbons (Fsp3) is 0.158. The zero-order valence-corrected chi connectivity index (χ0v) is 14.0. The number of hydrogen-bond acceptors (Lipinski definition) is 5. The lowest BCUT2D eigenvalue weighted by atomic mass is 10.1. The molecule has 2 aromatic heterocycles. The summed E-state index contributed by atoms with van der Waals surface area (Å²) in [5.74, 6) is -0.0538. The van der Waals surface area contributed by atoms with E-state index in [4.69, 9.17) is 0 Å². The minimum atomic E-state index is -0.326. The molecule has 0 bridgehead atoms. The topological polar surface area (TPSA) is 79.8 Å². The van der Waals surface area contributed by atoms with Gasteiger partial charge in [0.2, 0.25) is 0 Å². The molecule has 132 valence electrons. The molecule has 0 radical (unpaired) electrons. The zero-order chi connectivity index (χ0) is 18.2. The summed E-state index contributed by atoms with van der Waals surface area (Å²) in [5, 5.41) is 5.87. The molecule has 26 heavy (non-hydrogen) atoms. The van der Waals surface area contributed by atoms with Crippen LogP contribution in [0.2, 0.25) is 0 Å². The molecule has 0 aliphatic heterocycles. The second kappa shape index (κ2) is 8.66. The maximum absolute atomic E-state index is 13.6. The van der Waals surface area contributed by atoms with Gasteiger partial charge in [0.15, 0.2) is 0 Å². The third kappa shape index (κ3) is 4.83. The number of benzene rings is 1. The monoisotopic (exact) mass is 351 g/mol. The summed E-state index contributed by atoms with van der Waals surface area (Å²) in [7, 11) is 0. The summed E-state index contributed by atoms with van der Waals surface area (Å²) in [6.07, 6.45) is 5.20. The lowest BCUT2D eigenvalue weighted by Gasteiger charge is -2.08. The number of amides is 1. The van der Waals surface area contributed by atoms with Crippen molar-refractivity contribution < 1.29 is 9.18 Å². The number of nitrogens with zero attached hydrogens (tertiary/aromatic N) is 3. The second-order valence-electron chi connectivity index (χ2n) is 5.60. The van der Waals surface area contributed by atoms with E-state index in [0.29, 0.717) is 30.9 Å². The van der Waals surface area contributed by atoms with Gasteiger partial charge in [0.1, 0.15) is 23.7 Å². The van der Waals surface area contributed by atoms with Gasteiger partial charge in [-0.2, -0.15) is 0 Å². The Morgan fingerprint density at radius 2 is 2.00 bits per heavy atom. The van der Waals surface area contributed by atoms with Crippen LogP contribution in [0.1, 0.15) is 21.6 Å². The van der Waals surface area contributed by atoms with Crippen LogP contribution in [-0.4, -0.2) is 27.4 Å². The van der Waals surface area contributed by atoms with Crippen LogP contribution in [0.5, 0.6) is 0 Å². The SMILES string of the molecule is O=C(NCCc1ccccc1F)c1cc(NCc2cccnc2)ncn1. The number of carbonyl (C=O) groups excluding carboxylic acids is 1. The van der Waals surface area contributed by atoms with Gasteiger partial charge >= 0.3 is 0 Å². The normalized spacial score (nSPS) is 10.3. The summed E-state index contributed by atoms with van der Waals surface area (Å²) in [4.78, 5) is 24.3. The molecule has 6 nitrogen and oxygen atoms in total. The van der Waals surface area contributed by atoms with E-state index in [0.717, 1.165) is 5.56 Å². The molecule has 1 aromatic carbocycles. The number of aromatic nitrogens is 3. The van der Waals surface area contributed by atoms with Crippen LogP contribution >= 0.6 is 0 Å². The molecular weight excluding hydrogens is 333 g/mol. The number of carbonyl (C=O) groups is 1. The molecule has 2 N–H and O–H groups in total. The van der Waals surface area contributed by atoms with Crippen LogP contribution in [0.15, 0.2) is 61.2 Å². The molecule has 7 heteroatoms. The van der Waals surface area contributed by atoms with Gasteiger partial charge in [0, 0.05) is 31.5 Å². The first-order valence-electron chi connectivity index (χ1n) is 8.19. The Morgan fingerprint density at radius 3 is 2.81 bits per heavy atom. The minimum Gasteiger partial charge on any atom is -0.366 e. The minimum absolute atomic E-state index is 0.252. The van der Waals surface area contributed by atoms with Gasteiger partial charge in [-0.25, -0.2) is 14.4 Å². The van der Waals surface area contributed by atoms with E-state index < -0.39 is 0 Å². The number of halogens is 1. The van der Waals surface area contributed by atoms with Crippen molar-refractivity contribution in [1.29, 1.82) is 0 Å². The molecule has 2 heterocycles. The van der Waals surface area contributed by atoms with Crippen LogP contribution in [0, 0.1) is 5.82 Å². The molecule has 0 spiro atoms. The van der Waals surface area contributed by atoms with Crippen molar-refractivity contribution in [3.63, 3.8) is 0 Å². The lowest BCUT2D eigenvalue weighted by Crippen LogP contribution is -2.27. The summed E-state index contributed by atoms with van der Waals surface area (Å²) in [6.45, 7) is 0.863. The Hall–Kier alpha value is -3.35. The molecule has 0 unspecified atom stereocenters. The van der Waals surface area contributed by atoms with Crippen molar-refractivity contribution >= 4 is 11.7 Å². The molecule has 3 aromatic rings. The number of anilines is 1. The van der Waals surface area contributed by atoms with Gasteiger partial charge in [-0.05, 0) is 29.7 Å². The number of nitrogens with one attached hydrogen (secondary N) is 2. The van der Waals surface area contributed by atoms with Crippen molar-refractivity contribution in [3.8, 4) is 0 Å². The summed E-state index contributed by atoms with van der Waals surface area (Å²) in [5.41, 5.74) is 1.82. The van der Waals surface area contributed by atoms with Crippen molar-refractivity contribution in [2.24, 2.45) is 0 Å². The van der Waals surface area contributed by atoms with Crippen molar-refractivity contribution in [1.82, 2.24) is 20.3 Å². The van der Waals surface area contributed by atoms with E-state index in [2.05, 4.69) is 25.6 Å². The highest BCUT2D eigenvalue weighted by Crippen LogP contribution is 2.08. The van der Waals surface area contributed by atoms with Crippen molar-refractivity contribution in [2.75, 3.05) is 11.9 Å². The first kappa shape index (κ1) is 17.5. The predicted octanol–water partition coefficient (Wildman–Crippen LogP) is 2.60. The van der Waals surface area contributed by atoms with Crippen LogP contribution in [-0.2, 0) is 13.0 Å². The fourth-order valence-electron chi connectivity index (χ4n) is 2.38. The Labute approximate surface area is 150 Å². The highest BCUT2D eigenvalue weighted by atomic mass is 19.1. The quantitative estimate of drug-likeness (QED) is 0.684. The maximum Gasteiger partial charge on any atom is 0.270 e. The van der Waals surface area contributed by atoms with E-state index in [1.165, 1.54) is 12.4 Å². The van der Waals surface area contributed by atoms with Gasteiger partial charge in [-0.1, -0.05) is 24.3 Å². The van der Waals surface area contributed by atoms with E-state index in [1.807, 2.05) is 12.1 Å². The molecule has 0 saturated carbocycles. The average Bonchev–Trinajstić information content (AvgIpc) is 2.69. The number of hydrogen-bond donors (Lipinski definition) is 2. The molecule has 3 rings (SSSR count). The molecule has 0 aliphatic rings. The molecule has 0 atom stereocenters. The molecule has 0 saturated heterocycles. The summed E-state index contributed by atoms with van der Waals surface area (Å²) in [6, 6.07) is 11.9. The second-order valence-corrected chi connectivity index (χ2v) is 5.60. The van der Waals surface area contributed by atoms with Gasteiger partial charge in [0.25, 0.3) is 5.91 Å². The van der Waals surface area contributed by atoms with Gasteiger partial charge in [-0.3, -0.25) is 9.78 Å². The average molecular weight is 351 g/mol. The molecule has 0 aliphatic carbocycles. The standard InChI is InChI=1S/C19H18FN5O/c20-16-6-2-1-5-15(16)7-9-22-19(26)17-10-18(25-13-24-17)23-12-14-4-3-8-21-11-14/h1-6,8,10-11,13H,7,9,12H2,(H,22,26)(H,23,24,25). The van der Waals surface area contributed by atoms with Gasteiger partial charge < -0.3 is 10.6 Å². The summed E-state index contributed by atoms with van der Waals surface area (Å²) >= 11 is 0.